The number of ether oxygens (including phenoxy) is 1. The number of carboxylic acids is 1. The van der Waals surface area contributed by atoms with Gasteiger partial charge < -0.3 is 20.1 Å². The molecular weight excluding hydrogens is 432 g/mol. The molecule has 0 bridgehead atoms. The summed E-state index contributed by atoms with van der Waals surface area (Å²) in [6.07, 6.45) is 2.22. The highest BCUT2D eigenvalue weighted by Crippen LogP contribution is 2.44. The first-order valence-electron chi connectivity index (χ1n) is 11.8. The van der Waals surface area contributed by atoms with Crippen molar-refractivity contribution in [1.29, 1.82) is 0 Å². The van der Waals surface area contributed by atoms with Gasteiger partial charge in [-0.15, -0.1) is 0 Å². The summed E-state index contributed by atoms with van der Waals surface area (Å²) in [5.74, 6) is -1.58. The minimum Gasteiger partial charge on any atom is -0.480 e. The number of benzene rings is 2. The lowest BCUT2D eigenvalue weighted by molar-refractivity contribution is -0.157. The van der Waals surface area contributed by atoms with E-state index in [-0.39, 0.29) is 30.4 Å². The van der Waals surface area contributed by atoms with Gasteiger partial charge in [-0.25, -0.2) is 9.59 Å². The van der Waals surface area contributed by atoms with Crippen molar-refractivity contribution in [3.8, 4) is 11.1 Å². The van der Waals surface area contributed by atoms with Crippen molar-refractivity contribution in [3.63, 3.8) is 0 Å². The number of aliphatic carboxylic acids is 1. The van der Waals surface area contributed by atoms with E-state index in [4.69, 9.17) is 4.74 Å². The van der Waals surface area contributed by atoms with E-state index in [1.54, 1.807) is 0 Å². The molecular formula is C27H32N2O5. The predicted octanol–water partition coefficient (Wildman–Crippen LogP) is 4.41. The van der Waals surface area contributed by atoms with Crippen LogP contribution in [0.25, 0.3) is 11.1 Å². The Hall–Kier alpha value is -3.35. The minimum atomic E-state index is -1.29. The number of likely N-dealkylation sites (N-methyl/N-ethyl adjacent to an activating group) is 1. The van der Waals surface area contributed by atoms with E-state index in [0.717, 1.165) is 24.0 Å². The van der Waals surface area contributed by atoms with Gasteiger partial charge in [-0.3, -0.25) is 4.79 Å². The number of nitrogens with one attached hydrogen (secondary N) is 1. The van der Waals surface area contributed by atoms with E-state index in [0.29, 0.717) is 12.8 Å². The van der Waals surface area contributed by atoms with Crippen LogP contribution in [0.2, 0.25) is 0 Å². The summed E-state index contributed by atoms with van der Waals surface area (Å²) in [5.41, 5.74) is 3.38. The van der Waals surface area contributed by atoms with Crippen LogP contribution < -0.4 is 5.32 Å². The summed E-state index contributed by atoms with van der Waals surface area (Å²) in [4.78, 5) is 38.4. The van der Waals surface area contributed by atoms with Gasteiger partial charge in [0, 0.05) is 24.9 Å². The fraction of sp³-hybridized carbons (Fsp3) is 0.444. The summed E-state index contributed by atoms with van der Waals surface area (Å²) in [6.45, 7) is 3.27. The molecule has 0 heterocycles. The Kier molecular flexibility index (Phi) is 6.64. The first kappa shape index (κ1) is 23.8. The van der Waals surface area contributed by atoms with Crippen molar-refractivity contribution >= 4 is 18.0 Å². The van der Waals surface area contributed by atoms with Gasteiger partial charge in [0.25, 0.3) is 0 Å². The van der Waals surface area contributed by atoms with Gasteiger partial charge in [0.2, 0.25) is 5.91 Å². The van der Waals surface area contributed by atoms with Crippen molar-refractivity contribution in [2.24, 2.45) is 5.92 Å². The molecule has 2 aliphatic rings. The SMILES string of the molecule is CN(C(=O)C1CCCC(NC(=O)OCC2c3ccccc3-c3ccccc32)C1)C(C)(C)C(=O)O. The third-order valence-electron chi connectivity index (χ3n) is 7.38. The van der Waals surface area contributed by atoms with Crippen LogP contribution >= 0.6 is 0 Å². The monoisotopic (exact) mass is 464 g/mol. The average Bonchev–Trinajstić information content (AvgIpc) is 3.15. The van der Waals surface area contributed by atoms with E-state index in [1.165, 1.54) is 36.9 Å². The van der Waals surface area contributed by atoms with E-state index < -0.39 is 17.6 Å². The number of alkyl carbamates (subject to hydrolysis) is 1. The Balaban J connectivity index is 1.35. The van der Waals surface area contributed by atoms with Crippen LogP contribution in [-0.2, 0) is 14.3 Å². The molecule has 2 atom stereocenters. The number of carbonyl (C=O) groups excluding carboxylic acids is 2. The third kappa shape index (κ3) is 4.52. The molecule has 2 aromatic rings. The summed E-state index contributed by atoms with van der Waals surface area (Å²) in [7, 11) is 1.53. The summed E-state index contributed by atoms with van der Waals surface area (Å²) in [6, 6.07) is 16.2. The molecule has 7 heteroatoms. The minimum absolute atomic E-state index is 0.00858. The first-order chi connectivity index (χ1) is 16.2. The molecule has 180 valence electrons. The van der Waals surface area contributed by atoms with Crippen LogP contribution in [0, 0.1) is 5.92 Å². The van der Waals surface area contributed by atoms with Crippen LogP contribution in [0.3, 0.4) is 0 Å². The predicted molar refractivity (Wildman–Crippen MR) is 128 cm³/mol. The molecule has 2 aliphatic carbocycles. The smallest absolute Gasteiger partial charge is 0.407 e. The number of rotatable bonds is 6. The van der Waals surface area contributed by atoms with Crippen molar-refractivity contribution < 1.29 is 24.2 Å². The zero-order valence-corrected chi connectivity index (χ0v) is 19.9. The molecule has 34 heavy (non-hydrogen) atoms. The van der Waals surface area contributed by atoms with Gasteiger partial charge in [0.1, 0.15) is 12.1 Å². The molecule has 2 N–H and O–H groups in total. The molecule has 0 saturated heterocycles. The van der Waals surface area contributed by atoms with Crippen molar-refractivity contribution in [2.45, 2.75) is 57.0 Å². The summed E-state index contributed by atoms with van der Waals surface area (Å²) >= 11 is 0. The zero-order valence-electron chi connectivity index (χ0n) is 19.9. The number of amides is 2. The molecule has 7 nitrogen and oxygen atoms in total. The number of nitrogens with zero attached hydrogens (tertiary/aromatic N) is 1. The van der Waals surface area contributed by atoms with E-state index in [9.17, 15) is 19.5 Å². The van der Waals surface area contributed by atoms with Gasteiger partial charge in [0.05, 0.1) is 0 Å². The maximum atomic E-state index is 12.9. The first-order valence-corrected chi connectivity index (χ1v) is 11.8. The Morgan fingerprint density at radius 3 is 2.21 bits per heavy atom. The van der Waals surface area contributed by atoms with Crippen molar-refractivity contribution in [3.05, 3.63) is 59.7 Å². The molecule has 0 spiro atoms. The Morgan fingerprint density at radius 2 is 1.62 bits per heavy atom. The quantitative estimate of drug-likeness (QED) is 0.660. The number of carbonyl (C=O) groups is 3. The maximum absolute atomic E-state index is 12.9. The second-order valence-electron chi connectivity index (χ2n) is 9.79. The maximum Gasteiger partial charge on any atom is 0.407 e. The Bertz CT molecular complexity index is 1050. The lowest BCUT2D eigenvalue weighted by Crippen LogP contribution is -2.53. The molecule has 1 saturated carbocycles. The van der Waals surface area contributed by atoms with Gasteiger partial charge in [0.15, 0.2) is 0 Å². The highest BCUT2D eigenvalue weighted by molar-refractivity contribution is 5.87. The molecule has 2 unspecified atom stereocenters. The number of fused-ring (bicyclic) bond motifs is 3. The largest absolute Gasteiger partial charge is 0.480 e. The topological polar surface area (TPSA) is 95.9 Å². The van der Waals surface area contributed by atoms with Gasteiger partial charge in [-0.05, 0) is 55.4 Å². The summed E-state index contributed by atoms with van der Waals surface area (Å²) < 4.78 is 5.65. The van der Waals surface area contributed by atoms with Gasteiger partial charge in [-0.1, -0.05) is 55.0 Å². The van der Waals surface area contributed by atoms with Crippen LogP contribution in [0.5, 0.6) is 0 Å². The van der Waals surface area contributed by atoms with Crippen LogP contribution in [-0.4, -0.2) is 53.2 Å². The summed E-state index contributed by atoms with van der Waals surface area (Å²) in [5, 5.41) is 12.4. The fourth-order valence-corrected chi connectivity index (χ4v) is 5.04. The Morgan fingerprint density at radius 1 is 1.03 bits per heavy atom. The fourth-order valence-electron chi connectivity index (χ4n) is 5.04. The lowest BCUT2D eigenvalue weighted by Gasteiger charge is -2.37. The molecule has 2 aromatic carbocycles. The third-order valence-corrected chi connectivity index (χ3v) is 7.38. The van der Waals surface area contributed by atoms with Gasteiger partial charge >= 0.3 is 12.1 Å². The van der Waals surface area contributed by atoms with E-state index in [1.807, 2.05) is 24.3 Å². The molecule has 0 radical (unpaired) electrons. The number of carboxylic acid groups (broad SMARTS) is 1. The van der Waals surface area contributed by atoms with E-state index >= 15 is 0 Å². The second kappa shape index (κ2) is 9.49. The van der Waals surface area contributed by atoms with Crippen molar-refractivity contribution in [1.82, 2.24) is 10.2 Å². The van der Waals surface area contributed by atoms with Crippen LogP contribution in [0.4, 0.5) is 4.79 Å². The zero-order chi connectivity index (χ0) is 24.5. The Labute approximate surface area is 200 Å². The second-order valence-corrected chi connectivity index (χ2v) is 9.79. The number of hydrogen-bond donors (Lipinski definition) is 2. The van der Waals surface area contributed by atoms with Crippen molar-refractivity contribution in [2.75, 3.05) is 13.7 Å². The normalized spacial score (nSPS) is 19.6. The standard InChI is InChI=1S/C27H32N2O5/c1-27(2,25(31)32)29(3)24(30)17-9-8-10-18(15-17)28-26(33)34-16-23-21-13-6-4-11-19(21)20-12-5-7-14-22(20)23/h4-7,11-14,17-18,23H,8-10,15-16H2,1-3H3,(H,28,33)(H,31,32). The molecule has 1 fully saturated rings. The van der Waals surface area contributed by atoms with Crippen LogP contribution in [0.15, 0.2) is 48.5 Å². The highest BCUT2D eigenvalue weighted by Gasteiger charge is 2.39. The molecule has 2 amide bonds. The molecule has 0 aliphatic heterocycles. The molecule has 4 rings (SSSR count). The van der Waals surface area contributed by atoms with E-state index in [2.05, 4.69) is 29.6 Å². The lowest BCUT2D eigenvalue weighted by atomic mass is 9.84. The molecule has 0 aromatic heterocycles. The average molecular weight is 465 g/mol. The van der Waals surface area contributed by atoms with Crippen LogP contribution in [0.1, 0.15) is 56.6 Å². The highest BCUT2D eigenvalue weighted by atomic mass is 16.5. The van der Waals surface area contributed by atoms with Gasteiger partial charge in [-0.2, -0.15) is 0 Å². The number of hydrogen-bond acceptors (Lipinski definition) is 4.